The molecule has 0 amide bonds. The van der Waals surface area contributed by atoms with Crippen LogP contribution in [0.5, 0.6) is 0 Å². The molecule has 116 valence electrons. The minimum atomic E-state index is -1.89. The van der Waals surface area contributed by atoms with Crippen molar-refractivity contribution >= 4 is 0 Å². The van der Waals surface area contributed by atoms with Gasteiger partial charge in [0.05, 0.1) is 30.4 Å². The fraction of sp³-hybridized carbons (Fsp3) is 0.368. The molecule has 1 fully saturated rings. The number of benzene rings is 1. The van der Waals surface area contributed by atoms with Crippen LogP contribution in [-0.2, 0) is 4.74 Å². The summed E-state index contributed by atoms with van der Waals surface area (Å²) >= 11 is 0. The molecule has 0 saturated carbocycles. The van der Waals surface area contributed by atoms with E-state index in [0.29, 0.717) is 0 Å². The molecule has 2 heterocycles. The zero-order chi connectivity index (χ0) is 17.6. The van der Waals surface area contributed by atoms with Gasteiger partial charge in [0.25, 0.3) is 0 Å². The predicted molar refractivity (Wildman–Crippen MR) is 83.2 cm³/mol. The summed E-state index contributed by atoms with van der Waals surface area (Å²) in [4.78, 5) is 0. The second-order valence-corrected chi connectivity index (χ2v) is 6.43. The van der Waals surface area contributed by atoms with Crippen molar-refractivity contribution in [1.29, 1.82) is 21.0 Å². The van der Waals surface area contributed by atoms with Crippen LogP contribution >= 0.6 is 0 Å². The number of fused-ring (bicyclic) bond motifs is 2. The molecule has 2 bridgehead atoms. The summed E-state index contributed by atoms with van der Waals surface area (Å²) in [5, 5.41) is 39.4. The number of rotatable bonds is 1. The molecule has 0 aromatic heterocycles. The normalized spacial score (nSPS) is 31.7. The molecular formula is C19H14N4O. The summed E-state index contributed by atoms with van der Waals surface area (Å²) in [5.41, 5.74) is -3.43. The summed E-state index contributed by atoms with van der Waals surface area (Å²) in [6.45, 7) is 3.43. The Balaban J connectivity index is 2.35. The summed E-state index contributed by atoms with van der Waals surface area (Å²) in [7, 11) is 0. The Hall–Kier alpha value is -3.12. The van der Waals surface area contributed by atoms with Gasteiger partial charge in [-0.25, -0.2) is 0 Å². The van der Waals surface area contributed by atoms with E-state index in [9.17, 15) is 21.0 Å². The molecule has 1 saturated heterocycles. The summed E-state index contributed by atoms with van der Waals surface area (Å²) < 4.78 is 6.16. The number of ether oxygens (including phenoxy) is 1. The molecule has 3 aliphatic rings. The van der Waals surface area contributed by atoms with Crippen molar-refractivity contribution in [2.24, 2.45) is 16.7 Å². The van der Waals surface area contributed by atoms with Crippen LogP contribution in [0.25, 0.3) is 0 Å². The molecule has 5 heteroatoms. The topological polar surface area (TPSA) is 104 Å². The van der Waals surface area contributed by atoms with Crippen molar-refractivity contribution in [1.82, 2.24) is 0 Å². The van der Waals surface area contributed by atoms with Crippen LogP contribution in [0.4, 0.5) is 0 Å². The van der Waals surface area contributed by atoms with Gasteiger partial charge in [-0.3, -0.25) is 0 Å². The predicted octanol–water partition coefficient (Wildman–Crippen LogP) is 3.16. The van der Waals surface area contributed by atoms with Crippen molar-refractivity contribution in [3.8, 4) is 24.3 Å². The van der Waals surface area contributed by atoms with Crippen LogP contribution < -0.4 is 0 Å². The van der Waals surface area contributed by atoms with Crippen LogP contribution in [0.2, 0.25) is 0 Å². The molecule has 1 aromatic carbocycles. The molecule has 24 heavy (non-hydrogen) atoms. The maximum Gasteiger partial charge on any atom is 0.207 e. The van der Waals surface area contributed by atoms with Crippen LogP contribution in [0.1, 0.15) is 25.5 Å². The Morgan fingerprint density at radius 1 is 0.958 bits per heavy atom. The van der Waals surface area contributed by atoms with E-state index in [1.807, 2.05) is 61.5 Å². The molecule has 2 aliphatic heterocycles. The van der Waals surface area contributed by atoms with E-state index in [-0.39, 0.29) is 0 Å². The molecule has 5 nitrogen and oxygen atoms in total. The van der Waals surface area contributed by atoms with E-state index in [1.165, 1.54) is 0 Å². The van der Waals surface area contributed by atoms with Crippen LogP contribution in [-0.4, -0.2) is 5.60 Å². The minimum Gasteiger partial charge on any atom is -0.360 e. The number of hydrogen-bond donors (Lipinski definition) is 0. The fourth-order valence-corrected chi connectivity index (χ4v) is 4.18. The quantitative estimate of drug-likeness (QED) is 0.740. The van der Waals surface area contributed by atoms with Crippen LogP contribution in [0, 0.1) is 62.1 Å². The summed E-state index contributed by atoms with van der Waals surface area (Å²) in [6.07, 6.45) is 1.16. The second kappa shape index (κ2) is 4.94. The Labute approximate surface area is 140 Å². The van der Waals surface area contributed by atoms with Crippen LogP contribution in [0.3, 0.4) is 0 Å². The third-order valence-electron chi connectivity index (χ3n) is 5.29. The van der Waals surface area contributed by atoms with E-state index < -0.39 is 28.5 Å². The summed E-state index contributed by atoms with van der Waals surface area (Å²) in [5.74, 6) is -0.684. The number of hydrogen-bond acceptors (Lipinski definition) is 5. The lowest BCUT2D eigenvalue weighted by atomic mass is 9.45. The summed E-state index contributed by atoms with van der Waals surface area (Å²) in [6, 6.07) is 17.2. The van der Waals surface area contributed by atoms with Gasteiger partial charge in [-0.15, -0.1) is 0 Å². The highest BCUT2D eigenvalue weighted by molar-refractivity contribution is 5.51. The van der Waals surface area contributed by atoms with Crippen molar-refractivity contribution in [2.75, 3.05) is 0 Å². The highest BCUT2D eigenvalue weighted by Crippen LogP contribution is 2.66. The van der Waals surface area contributed by atoms with Gasteiger partial charge in [0.2, 0.25) is 5.41 Å². The van der Waals surface area contributed by atoms with E-state index in [1.54, 1.807) is 13.0 Å². The lowest BCUT2D eigenvalue weighted by Gasteiger charge is -2.58. The molecule has 0 spiro atoms. The molecular weight excluding hydrogens is 300 g/mol. The Morgan fingerprint density at radius 2 is 1.54 bits per heavy atom. The lowest BCUT2D eigenvalue weighted by molar-refractivity contribution is -0.203. The van der Waals surface area contributed by atoms with Gasteiger partial charge in [-0.1, -0.05) is 42.0 Å². The molecule has 1 aromatic rings. The minimum absolute atomic E-state index is 0.560. The van der Waals surface area contributed by atoms with Gasteiger partial charge in [-0.2, -0.15) is 21.0 Å². The first-order valence-corrected chi connectivity index (χ1v) is 7.52. The SMILES string of the molecule is CC1=C[C@@]2(C)O[C@H](c3ccccc3)[C@@H]1C(C#N)(C#N)C2(C#N)C#N. The van der Waals surface area contributed by atoms with Crippen molar-refractivity contribution in [3.63, 3.8) is 0 Å². The molecule has 4 rings (SSSR count). The highest BCUT2D eigenvalue weighted by atomic mass is 16.5. The zero-order valence-corrected chi connectivity index (χ0v) is 13.3. The largest absolute Gasteiger partial charge is 0.360 e. The van der Waals surface area contributed by atoms with E-state index >= 15 is 0 Å². The zero-order valence-electron chi connectivity index (χ0n) is 13.3. The van der Waals surface area contributed by atoms with Crippen LogP contribution in [0.15, 0.2) is 42.0 Å². The first-order chi connectivity index (χ1) is 11.4. The van der Waals surface area contributed by atoms with Gasteiger partial charge in [0, 0.05) is 5.92 Å². The monoisotopic (exact) mass is 314 g/mol. The van der Waals surface area contributed by atoms with Crippen molar-refractivity contribution in [3.05, 3.63) is 47.5 Å². The van der Waals surface area contributed by atoms with Gasteiger partial charge < -0.3 is 4.74 Å². The highest BCUT2D eigenvalue weighted by Gasteiger charge is 2.75. The molecule has 0 N–H and O–H groups in total. The molecule has 0 radical (unpaired) electrons. The van der Waals surface area contributed by atoms with Crippen molar-refractivity contribution < 1.29 is 4.74 Å². The smallest absolute Gasteiger partial charge is 0.207 e. The maximum absolute atomic E-state index is 9.90. The Morgan fingerprint density at radius 3 is 2.04 bits per heavy atom. The number of nitrogens with zero attached hydrogens (tertiary/aromatic N) is 4. The fourth-order valence-electron chi connectivity index (χ4n) is 4.18. The van der Waals surface area contributed by atoms with Gasteiger partial charge >= 0.3 is 0 Å². The van der Waals surface area contributed by atoms with Gasteiger partial charge in [-0.05, 0) is 19.4 Å². The third-order valence-corrected chi connectivity index (χ3v) is 5.29. The first-order valence-electron chi connectivity index (χ1n) is 7.52. The average Bonchev–Trinajstić information content (AvgIpc) is 2.60. The van der Waals surface area contributed by atoms with Gasteiger partial charge in [0.15, 0.2) is 5.41 Å². The van der Waals surface area contributed by atoms with Crippen molar-refractivity contribution in [2.45, 2.75) is 25.6 Å². The van der Waals surface area contributed by atoms with E-state index in [2.05, 4.69) is 0 Å². The van der Waals surface area contributed by atoms with E-state index in [0.717, 1.165) is 11.1 Å². The molecule has 1 aliphatic carbocycles. The Bertz CT molecular complexity index is 863. The average molecular weight is 314 g/mol. The standard InChI is InChI=1S/C19H14N4O/c1-13-8-17(2)19(11-22,12-23)18(9-20,10-21)15(13)16(24-17)14-6-4-3-5-7-14/h3-8,15-16H,1-2H3/t15-,16-,17-/m1/s1. The maximum atomic E-state index is 9.90. The molecule has 3 atom stereocenters. The third kappa shape index (κ3) is 1.53. The Kier molecular flexibility index (Phi) is 3.24. The van der Waals surface area contributed by atoms with Gasteiger partial charge in [0.1, 0.15) is 5.60 Å². The second-order valence-electron chi connectivity index (χ2n) is 6.43. The first kappa shape index (κ1) is 15.8. The number of nitriles is 4. The lowest BCUT2D eigenvalue weighted by Crippen LogP contribution is -2.66. The molecule has 0 unspecified atom stereocenters. The van der Waals surface area contributed by atoms with E-state index in [4.69, 9.17) is 4.74 Å².